The van der Waals surface area contributed by atoms with E-state index in [0.29, 0.717) is 46.5 Å². The van der Waals surface area contributed by atoms with E-state index < -0.39 is 5.97 Å². The van der Waals surface area contributed by atoms with Crippen LogP contribution < -0.4 is 19.7 Å². The fourth-order valence-corrected chi connectivity index (χ4v) is 3.82. The van der Waals surface area contributed by atoms with Crippen LogP contribution in [-0.4, -0.2) is 45.3 Å². The van der Waals surface area contributed by atoms with Gasteiger partial charge in [0.1, 0.15) is 13.2 Å². The lowest BCUT2D eigenvalue weighted by Gasteiger charge is -2.23. The smallest absolute Gasteiger partial charge is 0.337 e. The van der Waals surface area contributed by atoms with Crippen molar-refractivity contribution in [2.45, 2.75) is 12.8 Å². The van der Waals surface area contributed by atoms with E-state index in [1.165, 1.54) is 7.11 Å². The Morgan fingerprint density at radius 1 is 1.07 bits per heavy atom. The Labute approximate surface area is 173 Å². The van der Waals surface area contributed by atoms with Gasteiger partial charge < -0.3 is 24.4 Å². The van der Waals surface area contributed by atoms with Crippen molar-refractivity contribution in [3.8, 4) is 11.5 Å². The average molecular weight is 417 g/mol. The Morgan fingerprint density at radius 3 is 2.59 bits per heavy atom. The molecule has 7 nitrogen and oxygen atoms in total. The molecular weight excluding hydrogens is 396 g/mol. The van der Waals surface area contributed by atoms with Gasteiger partial charge in [-0.2, -0.15) is 0 Å². The number of amides is 1. The summed E-state index contributed by atoms with van der Waals surface area (Å²) < 4.78 is 15.9. The molecule has 0 saturated carbocycles. The number of esters is 1. The molecule has 0 atom stereocenters. The summed E-state index contributed by atoms with van der Waals surface area (Å²) in [6, 6.07) is 8.33. The fourth-order valence-electron chi connectivity index (χ4n) is 3.55. The molecule has 0 bridgehead atoms. The van der Waals surface area contributed by atoms with Crippen molar-refractivity contribution in [1.29, 1.82) is 0 Å². The number of ether oxygens (including phenoxy) is 3. The van der Waals surface area contributed by atoms with Crippen molar-refractivity contribution >= 4 is 34.9 Å². The first-order valence-electron chi connectivity index (χ1n) is 9.44. The predicted octanol–water partition coefficient (Wildman–Crippen LogP) is 3.75. The summed E-state index contributed by atoms with van der Waals surface area (Å²) in [5, 5.41) is 3.23. The van der Waals surface area contributed by atoms with E-state index in [4.69, 9.17) is 25.8 Å². The molecule has 2 aromatic carbocycles. The number of nitrogens with one attached hydrogen (secondary N) is 1. The van der Waals surface area contributed by atoms with E-state index in [-0.39, 0.29) is 5.91 Å². The highest BCUT2D eigenvalue weighted by molar-refractivity contribution is 6.32. The van der Waals surface area contributed by atoms with E-state index in [1.807, 2.05) is 6.07 Å². The van der Waals surface area contributed by atoms with Crippen LogP contribution in [0.3, 0.4) is 0 Å². The number of nitrogens with zero attached hydrogens (tertiary/aromatic N) is 1. The molecule has 8 heteroatoms. The standard InChI is InChI=1S/C21H21ClN2O5/c1-27-21(26)13-4-5-17(24-6-2-3-7-24)16(11-13)23-20(25)14-10-15(22)19-18(12-14)28-8-9-29-19/h4-5,10-12H,2-3,6-9H2,1H3,(H,23,25). The first-order valence-corrected chi connectivity index (χ1v) is 9.82. The molecule has 1 saturated heterocycles. The maximum Gasteiger partial charge on any atom is 0.337 e. The van der Waals surface area contributed by atoms with E-state index in [9.17, 15) is 9.59 Å². The van der Waals surface area contributed by atoms with Gasteiger partial charge >= 0.3 is 5.97 Å². The number of halogens is 1. The van der Waals surface area contributed by atoms with Gasteiger partial charge in [-0.25, -0.2) is 4.79 Å². The summed E-state index contributed by atoms with van der Waals surface area (Å²) in [5.74, 6) is 0.0686. The largest absolute Gasteiger partial charge is 0.486 e. The third-order valence-electron chi connectivity index (χ3n) is 4.97. The second-order valence-corrected chi connectivity index (χ2v) is 7.26. The Morgan fingerprint density at radius 2 is 1.83 bits per heavy atom. The summed E-state index contributed by atoms with van der Waals surface area (Å²) in [6.07, 6.45) is 2.17. The molecule has 2 heterocycles. The highest BCUT2D eigenvalue weighted by atomic mass is 35.5. The normalized spacial score (nSPS) is 15.2. The third kappa shape index (κ3) is 3.96. The highest BCUT2D eigenvalue weighted by Gasteiger charge is 2.22. The molecule has 29 heavy (non-hydrogen) atoms. The second-order valence-electron chi connectivity index (χ2n) is 6.85. The summed E-state index contributed by atoms with van der Waals surface area (Å²) in [5.41, 5.74) is 2.12. The lowest BCUT2D eigenvalue weighted by atomic mass is 10.1. The van der Waals surface area contributed by atoms with Crippen molar-refractivity contribution in [1.82, 2.24) is 0 Å². The number of hydrogen-bond acceptors (Lipinski definition) is 6. The first-order chi connectivity index (χ1) is 14.1. The first kappa shape index (κ1) is 19.4. The lowest BCUT2D eigenvalue weighted by molar-refractivity contribution is 0.0600. The van der Waals surface area contributed by atoms with Crippen molar-refractivity contribution in [3.05, 3.63) is 46.5 Å². The SMILES string of the molecule is COC(=O)c1ccc(N2CCCC2)c(NC(=O)c2cc(Cl)c3c(c2)OCCO3)c1. The van der Waals surface area contributed by atoms with E-state index in [0.717, 1.165) is 31.6 Å². The minimum absolute atomic E-state index is 0.315. The van der Waals surface area contributed by atoms with Crippen molar-refractivity contribution in [2.75, 3.05) is 43.6 Å². The minimum Gasteiger partial charge on any atom is -0.486 e. The topological polar surface area (TPSA) is 77.1 Å². The average Bonchev–Trinajstić information content (AvgIpc) is 3.27. The predicted molar refractivity (Wildman–Crippen MR) is 110 cm³/mol. The Kier molecular flexibility index (Phi) is 5.49. The van der Waals surface area contributed by atoms with Crippen LogP contribution in [0.4, 0.5) is 11.4 Å². The molecule has 2 aliphatic rings. The Bertz CT molecular complexity index is 956. The summed E-state index contributed by atoms with van der Waals surface area (Å²) in [6.45, 7) is 2.61. The molecule has 1 amide bonds. The van der Waals surface area contributed by atoms with Gasteiger partial charge in [-0.05, 0) is 43.2 Å². The number of carbonyl (C=O) groups is 2. The monoisotopic (exact) mass is 416 g/mol. The third-order valence-corrected chi connectivity index (χ3v) is 5.25. The number of benzene rings is 2. The molecule has 0 radical (unpaired) electrons. The maximum atomic E-state index is 13.0. The molecule has 1 fully saturated rings. The number of methoxy groups -OCH3 is 1. The number of rotatable bonds is 4. The van der Waals surface area contributed by atoms with E-state index in [1.54, 1.807) is 24.3 Å². The Balaban J connectivity index is 1.66. The van der Waals surface area contributed by atoms with Gasteiger partial charge in [-0.15, -0.1) is 0 Å². The summed E-state index contributed by atoms with van der Waals surface area (Å²) in [4.78, 5) is 27.1. The Hall–Kier alpha value is -2.93. The zero-order chi connectivity index (χ0) is 20.4. The fraction of sp³-hybridized carbons (Fsp3) is 0.333. The van der Waals surface area contributed by atoms with Crippen LogP contribution in [0.1, 0.15) is 33.6 Å². The van der Waals surface area contributed by atoms with Gasteiger partial charge in [0.2, 0.25) is 0 Å². The molecule has 0 aliphatic carbocycles. The van der Waals surface area contributed by atoms with Crippen LogP contribution >= 0.6 is 11.6 Å². The quantitative estimate of drug-likeness (QED) is 0.765. The van der Waals surface area contributed by atoms with Gasteiger partial charge in [0.05, 0.1) is 29.1 Å². The minimum atomic E-state index is -0.462. The van der Waals surface area contributed by atoms with Gasteiger partial charge in [0.25, 0.3) is 5.91 Å². The molecule has 0 spiro atoms. The molecule has 0 aromatic heterocycles. The van der Waals surface area contributed by atoms with Gasteiger partial charge in [-0.1, -0.05) is 11.6 Å². The van der Waals surface area contributed by atoms with Crippen LogP contribution in [-0.2, 0) is 4.74 Å². The highest BCUT2D eigenvalue weighted by Crippen LogP contribution is 2.39. The molecule has 152 valence electrons. The van der Waals surface area contributed by atoms with E-state index >= 15 is 0 Å². The lowest BCUT2D eigenvalue weighted by Crippen LogP contribution is -2.22. The van der Waals surface area contributed by atoms with Gasteiger partial charge in [0.15, 0.2) is 11.5 Å². The number of anilines is 2. The maximum absolute atomic E-state index is 13.0. The van der Waals surface area contributed by atoms with E-state index in [2.05, 4.69) is 10.2 Å². The zero-order valence-corrected chi connectivity index (χ0v) is 16.8. The number of hydrogen-bond donors (Lipinski definition) is 1. The molecule has 2 aromatic rings. The van der Waals surface area contributed by atoms with Crippen LogP contribution in [0.25, 0.3) is 0 Å². The summed E-state index contributed by atoms with van der Waals surface area (Å²) >= 11 is 6.26. The summed E-state index contributed by atoms with van der Waals surface area (Å²) in [7, 11) is 1.33. The van der Waals surface area contributed by atoms with Gasteiger partial charge in [-0.3, -0.25) is 4.79 Å². The number of carbonyl (C=O) groups excluding carboxylic acids is 2. The van der Waals surface area contributed by atoms with Crippen LogP contribution in [0.5, 0.6) is 11.5 Å². The second kappa shape index (κ2) is 8.21. The molecule has 0 unspecified atom stereocenters. The van der Waals surface area contributed by atoms with Crippen molar-refractivity contribution in [3.63, 3.8) is 0 Å². The van der Waals surface area contributed by atoms with Gasteiger partial charge in [0, 0.05) is 18.7 Å². The van der Waals surface area contributed by atoms with Crippen LogP contribution in [0.2, 0.25) is 5.02 Å². The van der Waals surface area contributed by atoms with Crippen molar-refractivity contribution < 1.29 is 23.8 Å². The molecular formula is C21H21ClN2O5. The van der Waals surface area contributed by atoms with Crippen LogP contribution in [0, 0.1) is 0 Å². The molecule has 2 aliphatic heterocycles. The molecule has 1 N–H and O–H groups in total. The van der Waals surface area contributed by atoms with Crippen molar-refractivity contribution in [2.24, 2.45) is 0 Å². The number of fused-ring (bicyclic) bond motifs is 1. The molecule has 4 rings (SSSR count). The van der Waals surface area contributed by atoms with Crippen LogP contribution in [0.15, 0.2) is 30.3 Å². The zero-order valence-electron chi connectivity index (χ0n) is 16.0.